The molecule has 0 aliphatic heterocycles. The number of carbonyl (C=O) groups excluding carboxylic acids is 1. The third kappa shape index (κ3) is 4.12. The van der Waals surface area contributed by atoms with Crippen molar-refractivity contribution in [3.8, 4) is 0 Å². The molecule has 0 aromatic carbocycles. The number of aliphatic carboxylic acids is 1. The Hall–Kier alpha value is -1.98. The van der Waals surface area contributed by atoms with Crippen molar-refractivity contribution in [1.29, 1.82) is 0 Å². The monoisotopic (exact) mass is 255 g/mol. The third-order valence-electron chi connectivity index (χ3n) is 1.95. The van der Waals surface area contributed by atoms with Gasteiger partial charge in [-0.3, -0.25) is 0 Å². The molecule has 18 heavy (non-hydrogen) atoms. The van der Waals surface area contributed by atoms with Gasteiger partial charge in [0.15, 0.2) is 6.04 Å². The van der Waals surface area contributed by atoms with E-state index in [9.17, 15) is 9.59 Å². The number of alkyl carbamates (subject to hydrolysis) is 1. The van der Waals surface area contributed by atoms with Gasteiger partial charge in [0.1, 0.15) is 17.1 Å². The highest BCUT2D eigenvalue weighted by Gasteiger charge is 2.27. The van der Waals surface area contributed by atoms with Crippen molar-refractivity contribution in [2.75, 3.05) is 0 Å². The molecule has 1 aromatic rings. The van der Waals surface area contributed by atoms with E-state index in [-0.39, 0.29) is 5.76 Å². The summed E-state index contributed by atoms with van der Waals surface area (Å²) in [7, 11) is 0. The minimum Gasteiger partial charge on any atom is -0.479 e. The fraction of sp³-hybridized carbons (Fsp3) is 0.500. The Morgan fingerprint density at radius 3 is 2.39 bits per heavy atom. The van der Waals surface area contributed by atoms with Gasteiger partial charge in [-0.2, -0.15) is 0 Å². The quantitative estimate of drug-likeness (QED) is 0.864. The molecule has 1 aromatic heterocycles. The highest BCUT2D eigenvalue weighted by atomic mass is 16.6. The Morgan fingerprint density at radius 1 is 1.39 bits per heavy atom. The first-order valence-electron chi connectivity index (χ1n) is 5.48. The molecule has 1 atom stereocenters. The van der Waals surface area contributed by atoms with Crippen molar-refractivity contribution in [3.63, 3.8) is 0 Å². The maximum atomic E-state index is 11.5. The topological polar surface area (TPSA) is 88.8 Å². The number of carbonyl (C=O) groups is 2. The number of aryl methyl sites for hydroxylation is 1. The lowest BCUT2D eigenvalue weighted by Crippen LogP contribution is -2.37. The van der Waals surface area contributed by atoms with E-state index in [1.54, 1.807) is 33.8 Å². The van der Waals surface area contributed by atoms with Crippen molar-refractivity contribution in [1.82, 2.24) is 5.32 Å². The molecule has 0 aliphatic rings. The average molecular weight is 255 g/mol. The largest absolute Gasteiger partial charge is 0.479 e. The van der Waals surface area contributed by atoms with E-state index in [1.807, 2.05) is 0 Å². The minimum atomic E-state index is -1.26. The summed E-state index contributed by atoms with van der Waals surface area (Å²) in [6.45, 7) is 6.77. The van der Waals surface area contributed by atoms with Gasteiger partial charge in [0.2, 0.25) is 0 Å². The molecular formula is C12H17NO5. The molecule has 1 unspecified atom stereocenters. The number of carboxylic acids is 1. The van der Waals surface area contributed by atoms with Crippen LogP contribution in [0.4, 0.5) is 4.79 Å². The zero-order valence-corrected chi connectivity index (χ0v) is 10.8. The van der Waals surface area contributed by atoms with Gasteiger partial charge in [-0.25, -0.2) is 9.59 Å². The van der Waals surface area contributed by atoms with Crippen LogP contribution in [0.5, 0.6) is 0 Å². The molecule has 0 aliphatic carbocycles. The van der Waals surface area contributed by atoms with Crippen LogP contribution >= 0.6 is 0 Å². The zero-order chi connectivity index (χ0) is 13.9. The Bertz CT molecular complexity index is 444. The van der Waals surface area contributed by atoms with E-state index in [0.717, 1.165) is 0 Å². The summed E-state index contributed by atoms with van der Waals surface area (Å²) in [4.78, 5) is 22.6. The second-order valence-corrected chi connectivity index (χ2v) is 4.87. The summed E-state index contributed by atoms with van der Waals surface area (Å²) in [6, 6.07) is 1.88. The molecule has 2 N–H and O–H groups in total. The van der Waals surface area contributed by atoms with Crippen LogP contribution in [0, 0.1) is 6.92 Å². The van der Waals surface area contributed by atoms with Crippen molar-refractivity contribution >= 4 is 12.1 Å². The van der Waals surface area contributed by atoms with Gasteiger partial charge in [0.25, 0.3) is 0 Å². The van der Waals surface area contributed by atoms with Crippen LogP contribution in [0.2, 0.25) is 0 Å². The standard InChI is InChI=1S/C12H17NO5/c1-7-5-6-8(17-7)9(10(14)15)13-11(16)18-12(2,3)4/h5-6,9H,1-4H3,(H,13,16)(H,14,15). The molecule has 1 amide bonds. The summed E-state index contributed by atoms with van der Waals surface area (Å²) in [6.07, 6.45) is -0.802. The number of hydrogen-bond acceptors (Lipinski definition) is 4. The minimum absolute atomic E-state index is 0.158. The summed E-state index contributed by atoms with van der Waals surface area (Å²) in [5, 5.41) is 11.3. The Kier molecular flexibility index (Phi) is 4.00. The lowest BCUT2D eigenvalue weighted by Gasteiger charge is -2.21. The second-order valence-electron chi connectivity index (χ2n) is 4.87. The number of carboxylic acid groups (broad SMARTS) is 1. The van der Waals surface area contributed by atoms with E-state index < -0.39 is 23.7 Å². The summed E-state index contributed by atoms with van der Waals surface area (Å²) in [5.41, 5.74) is -0.688. The van der Waals surface area contributed by atoms with Gasteiger partial charge in [-0.1, -0.05) is 0 Å². The van der Waals surface area contributed by atoms with E-state index in [2.05, 4.69) is 5.32 Å². The Labute approximate surface area is 105 Å². The lowest BCUT2D eigenvalue weighted by atomic mass is 10.2. The van der Waals surface area contributed by atoms with Crippen LogP contribution in [0.15, 0.2) is 16.5 Å². The number of amides is 1. The molecule has 0 bridgehead atoms. The van der Waals surface area contributed by atoms with Crippen molar-refractivity contribution in [2.45, 2.75) is 39.3 Å². The molecule has 6 nitrogen and oxygen atoms in total. The average Bonchev–Trinajstić information content (AvgIpc) is 2.57. The molecule has 1 rings (SSSR count). The summed E-state index contributed by atoms with van der Waals surface area (Å²) >= 11 is 0. The number of ether oxygens (including phenoxy) is 1. The van der Waals surface area contributed by atoms with Crippen molar-refractivity contribution in [3.05, 3.63) is 23.7 Å². The fourth-order valence-corrected chi connectivity index (χ4v) is 1.29. The molecule has 0 saturated carbocycles. The van der Waals surface area contributed by atoms with E-state index in [0.29, 0.717) is 5.76 Å². The van der Waals surface area contributed by atoms with Gasteiger partial charge in [0.05, 0.1) is 0 Å². The molecule has 100 valence electrons. The second kappa shape index (κ2) is 5.12. The molecule has 0 radical (unpaired) electrons. The maximum absolute atomic E-state index is 11.5. The van der Waals surface area contributed by atoms with Gasteiger partial charge < -0.3 is 19.6 Å². The number of hydrogen-bond donors (Lipinski definition) is 2. The van der Waals surface area contributed by atoms with Crippen LogP contribution in [0.3, 0.4) is 0 Å². The lowest BCUT2D eigenvalue weighted by molar-refractivity contribution is -0.140. The van der Waals surface area contributed by atoms with Crippen molar-refractivity contribution < 1.29 is 23.8 Å². The van der Waals surface area contributed by atoms with Gasteiger partial charge in [-0.05, 0) is 39.8 Å². The first-order valence-corrected chi connectivity index (χ1v) is 5.48. The van der Waals surface area contributed by atoms with E-state index in [1.165, 1.54) is 6.07 Å². The van der Waals surface area contributed by atoms with Gasteiger partial charge in [0, 0.05) is 0 Å². The first-order chi connectivity index (χ1) is 8.19. The van der Waals surface area contributed by atoms with Crippen LogP contribution < -0.4 is 5.32 Å². The third-order valence-corrected chi connectivity index (χ3v) is 1.95. The van der Waals surface area contributed by atoms with E-state index in [4.69, 9.17) is 14.3 Å². The van der Waals surface area contributed by atoms with Crippen LogP contribution in [-0.4, -0.2) is 22.8 Å². The predicted molar refractivity (Wildman–Crippen MR) is 63.2 cm³/mol. The molecule has 0 spiro atoms. The number of furan rings is 1. The normalized spacial score (nSPS) is 12.9. The van der Waals surface area contributed by atoms with E-state index >= 15 is 0 Å². The highest BCUT2D eigenvalue weighted by molar-refractivity contribution is 5.80. The molecule has 6 heteroatoms. The summed E-state index contributed by atoms with van der Waals surface area (Å²) in [5.74, 6) is -0.483. The first kappa shape index (κ1) is 14.1. The molecule has 1 heterocycles. The Morgan fingerprint density at radius 2 is 2.00 bits per heavy atom. The van der Waals surface area contributed by atoms with Gasteiger partial charge in [-0.15, -0.1) is 0 Å². The van der Waals surface area contributed by atoms with Crippen LogP contribution in [-0.2, 0) is 9.53 Å². The number of nitrogens with one attached hydrogen (secondary N) is 1. The fourth-order valence-electron chi connectivity index (χ4n) is 1.29. The zero-order valence-electron chi connectivity index (χ0n) is 10.8. The highest BCUT2D eigenvalue weighted by Crippen LogP contribution is 2.17. The molecule has 0 fully saturated rings. The number of rotatable bonds is 3. The predicted octanol–water partition coefficient (Wildman–Crippen LogP) is 2.24. The van der Waals surface area contributed by atoms with Gasteiger partial charge >= 0.3 is 12.1 Å². The molecule has 0 saturated heterocycles. The Balaban J connectivity index is 2.76. The smallest absolute Gasteiger partial charge is 0.408 e. The molecular weight excluding hydrogens is 238 g/mol. The van der Waals surface area contributed by atoms with Crippen molar-refractivity contribution in [2.24, 2.45) is 0 Å². The summed E-state index contributed by atoms with van der Waals surface area (Å²) < 4.78 is 10.2. The van der Waals surface area contributed by atoms with Crippen LogP contribution in [0.1, 0.15) is 38.3 Å². The SMILES string of the molecule is Cc1ccc(C(NC(=O)OC(C)(C)C)C(=O)O)o1. The van der Waals surface area contributed by atoms with Crippen LogP contribution in [0.25, 0.3) is 0 Å². The maximum Gasteiger partial charge on any atom is 0.408 e.